The topological polar surface area (TPSA) is 69.3 Å². The zero-order chi connectivity index (χ0) is 19.8. The number of amides is 2. The van der Waals surface area contributed by atoms with Gasteiger partial charge in [0.15, 0.2) is 0 Å². The Hall–Kier alpha value is -2.34. The molecule has 2 heterocycles. The van der Waals surface area contributed by atoms with Crippen LogP contribution in [0.2, 0.25) is 0 Å². The SMILES string of the molecule is CN1C(=O)[C@](CCl)(Cc2cnc[nH]2)N(C(=O)c2ccccc2)[C@@H]1C(C)(C)C. The van der Waals surface area contributed by atoms with Crippen LogP contribution in [0.4, 0.5) is 0 Å². The molecule has 2 aromatic rings. The number of H-pyrrole nitrogens is 1. The van der Waals surface area contributed by atoms with Crippen LogP contribution in [0.3, 0.4) is 0 Å². The van der Waals surface area contributed by atoms with E-state index < -0.39 is 11.7 Å². The molecule has 2 atom stereocenters. The van der Waals surface area contributed by atoms with Gasteiger partial charge in [-0.05, 0) is 12.1 Å². The van der Waals surface area contributed by atoms with Gasteiger partial charge in [0.05, 0.1) is 12.2 Å². The summed E-state index contributed by atoms with van der Waals surface area (Å²) in [5.41, 5.74) is -0.226. The smallest absolute Gasteiger partial charge is 0.256 e. The summed E-state index contributed by atoms with van der Waals surface area (Å²) in [4.78, 5) is 37.4. The van der Waals surface area contributed by atoms with Crippen molar-refractivity contribution in [3.63, 3.8) is 0 Å². The molecule has 0 unspecified atom stereocenters. The Morgan fingerprint density at radius 3 is 2.48 bits per heavy atom. The van der Waals surface area contributed by atoms with Crippen LogP contribution >= 0.6 is 11.6 Å². The number of nitrogens with one attached hydrogen (secondary N) is 1. The molecule has 0 aliphatic carbocycles. The molecule has 1 aromatic heterocycles. The summed E-state index contributed by atoms with van der Waals surface area (Å²) in [6.07, 6.45) is 3.09. The predicted molar refractivity (Wildman–Crippen MR) is 104 cm³/mol. The first-order chi connectivity index (χ1) is 12.7. The molecule has 1 N–H and O–H groups in total. The molecule has 6 nitrogen and oxygen atoms in total. The first-order valence-corrected chi connectivity index (χ1v) is 9.45. The van der Waals surface area contributed by atoms with Crippen molar-refractivity contribution < 1.29 is 9.59 Å². The van der Waals surface area contributed by atoms with Gasteiger partial charge in [0.2, 0.25) is 0 Å². The van der Waals surface area contributed by atoms with Crippen molar-refractivity contribution in [1.29, 1.82) is 0 Å². The van der Waals surface area contributed by atoms with Crippen molar-refractivity contribution in [3.05, 3.63) is 54.1 Å². The highest BCUT2D eigenvalue weighted by Crippen LogP contribution is 2.42. The summed E-state index contributed by atoms with van der Waals surface area (Å²) in [5, 5.41) is 0. The molecule has 1 fully saturated rings. The Morgan fingerprint density at radius 2 is 1.96 bits per heavy atom. The molecule has 1 aliphatic heterocycles. The number of rotatable bonds is 4. The van der Waals surface area contributed by atoms with Crippen LogP contribution in [0.5, 0.6) is 0 Å². The van der Waals surface area contributed by atoms with Crippen LogP contribution in [0.25, 0.3) is 0 Å². The summed E-state index contributed by atoms with van der Waals surface area (Å²) in [5.74, 6) is -0.356. The Balaban J connectivity index is 2.16. The first-order valence-electron chi connectivity index (χ1n) is 8.91. The molecule has 1 saturated heterocycles. The summed E-state index contributed by atoms with van der Waals surface area (Å²) in [6.45, 7) is 6.06. The van der Waals surface area contributed by atoms with Crippen LogP contribution in [0.15, 0.2) is 42.9 Å². The lowest BCUT2D eigenvalue weighted by atomic mass is 9.88. The van der Waals surface area contributed by atoms with Crippen molar-refractivity contribution in [2.45, 2.75) is 38.9 Å². The summed E-state index contributed by atoms with van der Waals surface area (Å²) < 4.78 is 0. The number of carbonyl (C=O) groups is 2. The molecule has 144 valence electrons. The zero-order valence-electron chi connectivity index (χ0n) is 16.1. The lowest BCUT2D eigenvalue weighted by Gasteiger charge is -2.42. The van der Waals surface area contributed by atoms with Crippen molar-refractivity contribution in [1.82, 2.24) is 19.8 Å². The van der Waals surface area contributed by atoms with Gasteiger partial charge in [-0.2, -0.15) is 0 Å². The van der Waals surface area contributed by atoms with E-state index in [0.29, 0.717) is 5.56 Å². The second-order valence-corrected chi connectivity index (χ2v) is 8.38. The van der Waals surface area contributed by atoms with Gasteiger partial charge >= 0.3 is 0 Å². The van der Waals surface area contributed by atoms with E-state index in [9.17, 15) is 9.59 Å². The van der Waals surface area contributed by atoms with Crippen LogP contribution in [0.1, 0.15) is 36.8 Å². The molecule has 0 radical (unpaired) electrons. The summed E-state index contributed by atoms with van der Waals surface area (Å²) in [6, 6.07) is 9.02. The number of benzene rings is 1. The van der Waals surface area contributed by atoms with Crippen LogP contribution in [-0.2, 0) is 11.2 Å². The van der Waals surface area contributed by atoms with Gasteiger partial charge in [0.25, 0.3) is 11.8 Å². The number of hydrogen-bond donors (Lipinski definition) is 1. The molecule has 0 spiro atoms. The van der Waals surface area contributed by atoms with Gasteiger partial charge < -0.3 is 14.8 Å². The maximum Gasteiger partial charge on any atom is 0.256 e. The predicted octanol–water partition coefficient (Wildman–Crippen LogP) is 2.92. The van der Waals surface area contributed by atoms with E-state index in [1.807, 2.05) is 39.0 Å². The highest BCUT2D eigenvalue weighted by Gasteiger charge is 2.60. The number of carbonyl (C=O) groups excluding carboxylic acids is 2. The number of hydrogen-bond acceptors (Lipinski definition) is 3. The van der Waals surface area contributed by atoms with Gasteiger partial charge in [-0.25, -0.2) is 4.98 Å². The van der Waals surface area contributed by atoms with E-state index in [1.165, 1.54) is 0 Å². The molecule has 2 amide bonds. The standard InChI is InChI=1S/C20H25ClN4O2/c1-19(2,3)17-24(4)18(27)20(12-21,10-15-11-22-13-23-15)25(17)16(26)14-8-6-5-7-9-14/h5-9,11,13,17H,10,12H2,1-4H3,(H,22,23)/t17-,20-/m1/s1. The number of nitrogens with zero attached hydrogens (tertiary/aromatic N) is 3. The fourth-order valence-electron chi connectivity index (χ4n) is 3.97. The minimum atomic E-state index is -1.17. The van der Waals surface area contributed by atoms with Crippen molar-refractivity contribution in [2.24, 2.45) is 5.41 Å². The van der Waals surface area contributed by atoms with E-state index in [4.69, 9.17) is 11.6 Å². The van der Waals surface area contributed by atoms with E-state index in [0.717, 1.165) is 5.69 Å². The van der Waals surface area contributed by atoms with Crippen molar-refractivity contribution >= 4 is 23.4 Å². The molecular weight excluding hydrogens is 364 g/mol. The number of imidazole rings is 1. The lowest BCUT2D eigenvalue weighted by Crippen LogP contribution is -2.58. The number of likely N-dealkylation sites (N-methyl/N-ethyl adjacent to an activating group) is 1. The molecule has 27 heavy (non-hydrogen) atoms. The average Bonchev–Trinajstić information content (AvgIpc) is 3.22. The monoisotopic (exact) mass is 388 g/mol. The maximum atomic E-state index is 13.6. The van der Waals surface area contributed by atoms with E-state index in [1.54, 1.807) is 41.5 Å². The molecule has 1 aromatic carbocycles. The third kappa shape index (κ3) is 3.23. The minimum absolute atomic E-state index is 0.000344. The Kier molecular flexibility index (Phi) is 5.04. The van der Waals surface area contributed by atoms with Gasteiger partial charge in [-0.1, -0.05) is 39.0 Å². The summed E-state index contributed by atoms with van der Waals surface area (Å²) in [7, 11) is 1.74. The van der Waals surface area contributed by atoms with Gasteiger partial charge in [-0.15, -0.1) is 11.6 Å². The van der Waals surface area contributed by atoms with Crippen molar-refractivity contribution in [3.8, 4) is 0 Å². The Bertz CT molecular complexity index is 816. The third-order valence-corrected chi connectivity index (χ3v) is 5.51. The third-order valence-electron chi connectivity index (χ3n) is 5.06. The molecular formula is C20H25ClN4O2. The molecule has 1 aliphatic rings. The largest absolute Gasteiger partial charge is 0.348 e. The van der Waals surface area contributed by atoms with Gasteiger partial charge in [0.1, 0.15) is 11.7 Å². The zero-order valence-corrected chi connectivity index (χ0v) is 16.8. The Labute approximate surface area is 164 Å². The number of aromatic nitrogens is 2. The second kappa shape index (κ2) is 7.00. The summed E-state index contributed by atoms with van der Waals surface area (Å²) >= 11 is 6.41. The Morgan fingerprint density at radius 1 is 1.30 bits per heavy atom. The number of aromatic amines is 1. The van der Waals surface area contributed by atoms with Gasteiger partial charge in [-0.3, -0.25) is 9.59 Å². The van der Waals surface area contributed by atoms with Crippen LogP contribution in [0, 0.1) is 5.41 Å². The minimum Gasteiger partial charge on any atom is -0.348 e. The first kappa shape index (κ1) is 19.4. The highest BCUT2D eigenvalue weighted by atomic mass is 35.5. The van der Waals surface area contributed by atoms with E-state index >= 15 is 0 Å². The number of alkyl halides is 1. The van der Waals surface area contributed by atoms with E-state index in [-0.39, 0.29) is 29.5 Å². The van der Waals surface area contributed by atoms with Crippen LogP contribution in [-0.4, -0.2) is 56.2 Å². The molecule has 7 heteroatoms. The number of halogens is 1. The van der Waals surface area contributed by atoms with Gasteiger partial charge in [0, 0.05) is 36.3 Å². The normalized spacial score (nSPS) is 23.1. The quantitative estimate of drug-likeness (QED) is 0.819. The fourth-order valence-corrected chi connectivity index (χ4v) is 4.31. The van der Waals surface area contributed by atoms with Crippen LogP contribution < -0.4 is 0 Å². The molecule has 0 bridgehead atoms. The lowest BCUT2D eigenvalue weighted by molar-refractivity contribution is -0.132. The molecule has 0 saturated carbocycles. The molecule has 3 rings (SSSR count). The van der Waals surface area contributed by atoms with E-state index in [2.05, 4.69) is 9.97 Å². The maximum absolute atomic E-state index is 13.6. The second-order valence-electron chi connectivity index (χ2n) is 8.12. The van der Waals surface area contributed by atoms with Crippen molar-refractivity contribution in [2.75, 3.05) is 12.9 Å². The average molecular weight is 389 g/mol. The highest BCUT2D eigenvalue weighted by molar-refractivity contribution is 6.21. The fraction of sp³-hybridized carbons (Fsp3) is 0.450.